The van der Waals surface area contributed by atoms with Gasteiger partial charge in [0.1, 0.15) is 5.56 Å². The second-order valence-corrected chi connectivity index (χ2v) is 5.47. The molecular formula is C17H17N5O. The maximum atomic E-state index is 11.7. The van der Waals surface area contributed by atoms with Gasteiger partial charge < -0.3 is 11.1 Å². The van der Waals surface area contributed by atoms with E-state index < -0.39 is 5.91 Å². The first-order valence-electron chi connectivity index (χ1n) is 7.44. The molecule has 0 saturated carbocycles. The van der Waals surface area contributed by atoms with Crippen molar-refractivity contribution in [2.75, 3.05) is 5.32 Å². The van der Waals surface area contributed by atoms with Crippen LogP contribution in [0.1, 0.15) is 29.2 Å². The molecule has 6 heteroatoms. The molecule has 0 saturated heterocycles. The van der Waals surface area contributed by atoms with E-state index in [1.54, 1.807) is 10.9 Å². The lowest BCUT2D eigenvalue weighted by Crippen LogP contribution is -2.20. The second-order valence-electron chi connectivity index (χ2n) is 5.47. The molecule has 1 aromatic heterocycles. The third-order valence-electron chi connectivity index (χ3n) is 3.94. The number of hydrogen-bond acceptors (Lipinski definition) is 4. The number of carbonyl (C=O) groups excluding carboxylic acids is 1. The fourth-order valence-corrected chi connectivity index (χ4v) is 2.72. The van der Waals surface area contributed by atoms with Gasteiger partial charge in [0.2, 0.25) is 0 Å². The Balaban J connectivity index is 1.94. The van der Waals surface area contributed by atoms with Crippen molar-refractivity contribution >= 4 is 17.4 Å². The Kier molecular flexibility index (Phi) is 4.11. The summed E-state index contributed by atoms with van der Waals surface area (Å²) >= 11 is 0. The van der Waals surface area contributed by atoms with Crippen molar-refractivity contribution in [1.29, 1.82) is 5.26 Å². The summed E-state index contributed by atoms with van der Waals surface area (Å²) in [7, 11) is 0. The number of nitrogens with one attached hydrogen (secondary N) is 1. The van der Waals surface area contributed by atoms with Crippen LogP contribution < -0.4 is 11.1 Å². The van der Waals surface area contributed by atoms with Gasteiger partial charge >= 0.3 is 0 Å². The second kappa shape index (κ2) is 6.36. The van der Waals surface area contributed by atoms with Crippen molar-refractivity contribution in [3.8, 4) is 6.07 Å². The normalized spacial score (nSPS) is 20.0. The summed E-state index contributed by atoms with van der Waals surface area (Å²) in [4.78, 5) is 11.7. The number of primary amides is 1. The van der Waals surface area contributed by atoms with E-state index in [-0.39, 0.29) is 12.0 Å². The Labute approximate surface area is 134 Å². The van der Waals surface area contributed by atoms with Crippen LogP contribution in [-0.4, -0.2) is 15.7 Å². The van der Waals surface area contributed by atoms with E-state index in [2.05, 4.69) is 16.5 Å². The van der Waals surface area contributed by atoms with E-state index >= 15 is 0 Å². The highest BCUT2D eigenvalue weighted by Crippen LogP contribution is 2.31. The number of carbonyl (C=O) groups is 1. The van der Waals surface area contributed by atoms with Crippen molar-refractivity contribution in [2.24, 2.45) is 11.7 Å². The quantitative estimate of drug-likeness (QED) is 0.849. The lowest BCUT2D eigenvalue weighted by atomic mass is 9.90. The van der Waals surface area contributed by atoms with Gasteiger partial charge in [0.25, 0.3) is 5.91 Å². The fraction of sp³-hybridized carbons (Fsp3) is 0.235. The zero-order chi connectivity index (χ0) is 16.2. The first-order valence-corrected chi connectivity index (χ1v) is 7.44. The number of amides is 1. The van der Waals surface area contributed by atoms with Gasteiger partial charge in [-0.2, -0.15) is 10.4 Å². The summed E-state index contributed by atoms with van der Waals surface area (Å²) in [5.41, 5.74) is 6.61. The van der Waals surface area contributed by atoms with Gasteiger partial charge in [0, 0.05) is 11.9 Å². The van der Waals surface area contributed by atoms with Crippen LogP contribution in [0.2, 0.25) is 0 Å². The van der Waals surface area contributed by atoms with Crippen molar-refractivity contribution < 1.29 is 4.79 Å². The number of nitrogens with zero attached hydrogens (tertiary/aromatic N) is 3. The number of aromatic nitrogens is 2. The minimum Gasteiger partial charge on any atom is -0.365 e. The predicted octanol–water partition coefficient (Wildman–Crippen LogP) is 2.76. The van der Waals surface area contributed by atoms with Gasteiger partial charge in [0.05, 0.1) is 18.0 Å². The monoisotopic (exact) mass is 307 g/mol. The van der Waals surface area contributed by atoms with E-state index in [0.717, 1.165) is 5.69 Å². The molecule has 1 unspecified atom stereocenters. The molecule has 116 valence electrons. The number of benzene rings is 1. The van der Waals surface area contributed by atoms with Gasteiger partial charge in [0.15, 0.2) is 5.82 Å². The molecule has 0 spiro atoms. The van der Waals surface area contributed by atoms with Gasteiger partial charge in [-0.15, -0.1) is 0 Å². The lowest BCUT2D eigenvalue weighted by Gasteiger charge is -2.23. The van der Waals surface area contributed by atoms with Crippen LogP contribution in [0, 0.1) is 17.2 Å². The van der Waals surface area contributed by atoms with E-state index in [9.17, 15) is 10.1 Å². The molecule has 3 rings (SSSR count). The molecule has 1 heterocycles. The molecule has 0 fully saturated rings. The SMILES string of the molecule is N#C[C@H]1CC=CCC1n1cc(C(N)=O)c(Nc2ccccc2)n1. The van der Waals surface area contributed by atoms with Crippen molar-refractivity contribution in [2.45, 2.75) is 18.9 Å². The first kappa shape index (κ1) is 14.9. The largest absolute Gasteiger partial charge is 0.365 e. The molecule has 1 amide bonds. The molecule has 1 aliphatic rings. The van der Waals surface area contributed by atoms with Crippen LogP contribution in [-0.2, 0) is 0 Å². The Morgan fingerprint density at radius 3 is 2.74 bits per heavy atom. The number of rotatable bonds is 4. The van der Waals surface area contributed by atoms with E-state index in [1.165, 1.54) is 0 Å². The smallest absolute Gasteiger partial charge is 0.254 e. The molecule has 0 aliphatic heterocycles. The molecule has 0 bridgehead atoms. The third kappa shape index (κ3) is 3.09. The van der Waals surface area contributed by atoms with Crippen molar-refractivity contribution in [1.82, 2.24) is 9.78 Å². The summed E-state index contributed by atoms with van der Waals surface area (Å²) in [6.07, 6.45) is 7.07. The van der Waals surface area contributed by atoms with Crippen LogP contribution in [0.5, 0.6) is 0 Å². The Morgan fingerprint density at radius 1 is 1.30 bits per heavy atom. The average Bonchev–Trinajstić information content (AvgIpc) is 2.99. The highest BCUT2D eigenvalue weighted by Gasteiger charge is 2.26. The van der Waals surface area contributed by atoms with Crippen molar-refractivity contribution in [3.63, 3.8) is 0 Å². The summed E-state index contributed by atoms with van der Waals surface area (Å²) < 4.78 is 1.68. The van der Waals surface area contributed by atoms with Gasteiger partial charge in [-0.1, -0.05) is 30.4 Å². The summed E-state index contributed by atoms with van der Waals surface area (Å²) in [5.74, 6) is -0.297. The topological polar surface area (TPSA) is 96.7 Å². The molecule has 2 atom stereocenters. The van der Waals surface area contributed by atoms with Gasteiger partial charge in [-0.05, 0) is 25.0 Å². The maximum absolute atomic E-state index is 11.7. The molecule has 1 aromatic carbocycles. The molecule has 0 radical (unpaired) electrons. The van der Waals surface area contributed by atoms with Crippen LogP contribution in [0.3, 0.4) is 0 Å². The summed E-state index contributed by atoms with van der Waals surface area (Å²) in [6, 6.07) is 11.7. The molecule has 1 aliphatic carbocycles. The minimum atomic E-state index is -0.547. The van der Waals surface area contributed by atoms with Crippen molar-refractivity contribution in [3.05, 3.63) is 54.2 Å². The van der Waals surface area contributed by atoms with E-state index in [0.29, 0.717) is 24.2 Å². The van der Waals surface area contributed by atoms with E-state index in [1.807, 2.05) is 42.5 Å². The molecule has 23 heavy (non-hydrogen) atoms. The lowest BCUT2D eigenvalue weighted by molar-refractivity contribution is 0.100. The number of hydrogen-bond donors (Lipinski definition) is 2. The Hall–Kier alpha value is -3.07. The molecule has 2 aromatic rings. The predicted molar refractivity (Wildman–Crippen MR) is 87.0 cm³/mol. The Morgan fingerprint density at radius 2 is 2.04 bits per heavy atom. The fourth-order valence-electron chi connectivity index (χ4n) is 2.72. The first-order chi connectivity index (χ1) is 11.2. The number of nitrogens with two attached hydrogens (primary N) is 1. The van der Waals surface area contributed by atoms with E-state index in [4.69, 9.17) is 5.73 Å². The zero-order valence-electron chi connectivity index (χ0n) is 12.5. The van der Waals surface area contributed by atoms with Crippen LogP contribution in [0.25, 0.3) is 0 Å². The molecular weight excluding hydrogens is 290 g/mol. The number of allylic oxidation sites excluding steroid dienone is 2. The van der Waals surface area contributed by atoms with Crippen LogP contribution in [0.15, 0.2) is 48.7 Å². The standard InChI is InChI=1S/C17H17N5O/c18-10-12-6-4-5-9-15(12)22-11-14(16(19)23)17(21-22)20-13-7-2-1-3-8-13/h1-5,7-8,11-12,15H,6,9H2,(H2,19,23)(H,20,21)/t12-,15?/m1/s1. The average molecular weight is 307 g/mol. The molecule has 6 nitrogen and oxygen atoms in total. The number of anilines is 2. The van der Waals surface area contributed by atoms with Gasteiger partial charge in [-0.3, -0.25) is 9.48 Å². The van der Waals surface area contributed by atoms with Crippen LogP contribution >= 0.6 is 0 Å². The van der Waals surface area contributed by atoms with Crippen LogP contribution in [0.4, 0.5) is 11.5 Å². The summed E-state index contributed by atoms with van der Waals surface area (Å²) in [6.45, 7) is 0. The summed E-state index contributed by atoms with van der Waals surface area (Å²) in [5, 5.41) is 16.9. The third-order valence-corrected chi connectivity index (χ3v) is 3.94. The maximum Gasteiger partial charge on any atom is 0.254 e. The minimum absolute atomic E-state index is 0.0885. The number of para-hydroxylation sites is 1. The number of nitriles is 1. The van der Waals surface area contributed by atoms with Gasteiger partial charge in [-0.25, -0.2) is 0 Å². The molecule has 3 N–H and O–H groups in total. The Bertz CT molecular complexity index is 772. The highest BCUT2D eigenvalue weighted by molar-refractivity contribution is 5.98. The zero-order valence-corrected chi connectivity index (χ0v) is 12.5. The highest BCUT2D eigenvalue weighted by atomic mass is 16.1.